The third-order valence-corrected chi connectivity index (χ3v) is 2.05. The summed E-state index contributed by atoms with van der Waals surface area (Å²) >= 11 is 0. The lowest BCUT2D eigenvalue weighted by Gasteiger charge is -2.28. The molecule has 0 spiro atoms. The van der Waals surface area contributed by atoms with E-state index < -0.39 is 18.0 Å². The molecule has 3 nitrogen and oxygen atoms in total. The van der Waals surface area contributed by atoms with Gasteiger partial charge in [-0.3, -0.25) is 4.79 Å². The van der Waals surface area contributed by atoms with Crippen molar-refractivity contribution in [2.24, 2.45) is 0 Å². The van der Waals surface area contributed by atoms with Crippen LogP contribution in [0.5, 0.6) is 0 Å². The number of carbonyl (C=O) groups is 1. The van der Waals surface area contributed by atoms with Gasteiger partial charge in [-0.15, -0.1) is 0 Å². The average Bonchev–Trinajstić information content (AvgIpc) is 2.02. The van der Waals surface area contributed by atoms with Crippen molar-refractivity contribution < 1.29 is 23.0 Å². The van der Waals surface area contributed by atoms with E-state index in [1.807, 2.05) is 0 Å². The van der Waals surface area contributed by atoms with E-state index in [1.54, 1.807) is 6.92 Å². The molecule has 1 aliphatic rings. The molecule has 5 heteroatoms. The summed E-state index contributed by atoms with van der Waals surface area (Å²) in [6, 6.07) is 0. The van der Waals surface area contributed by atoms with Gasteiger partial charge in [0.05, 0.1) is 25.7 Å². The fourth-order valence-corrected chi connectivity index (χ4v) is 1.41. The van der Waals surface area contributed by atoms with Gasteiger partial charge >= 0.3 is 5.97 Å². The highest BCUT2D eigenvalue weighted by Gasteiger charge is 2.37. The zero-order valence-corrected chi connectivity index (χ0v) is 8.09. The second-order valence-corrected chi connectivity index (χ2v) is 3.31. The van der Waals surface area contributed by atoms with Crippen molar-refractivity contribution in [3.8, 4) is 0 Å². The lowest BCUT2D eigenvalue weighted by molar-refractivity contribution is -0.156. The SMILES string of the molecule is CCOC(=O)CC1CC(F)(F)CCO1. The zero-order valence-electron chi connectivity index (χ0n) is 8.09. The molecule has 0 saturated carbocycles. The molecule has 1 unspecified atom stereocenters. The molecule has 0 aromatic heterocycles. The Hall–Kier alpha value is -0.710. The number of ether oxygens (including phenoxy) is 2. The monoisotopic (exact) mass is 208 g/mol. The minimum Gasteiger partial charge on any atom is -0.466 e. The Morgan fingerprint density at radius 2 is 2.36 bits per heavy atom. The quantitative estimate of drug-likeness (QED) is 0.663. The summed E-state index contributed by atoms with van der Waals surface area (Å²) in [6.45, 7) is 1.95. The Morgan fingerprint density at radius 1 is 1.64 bits per heavy atom. The minimum atomic E-state index is -2.70. The smallest absolute Gasteiger partial charge is 0.308 e. The lowest BCUT2D eigenvalue weighted by atomic mass is 10.0. The van der Waals surface area contributed by atoms with Crippen LogP contribution in [-0.4, -0.2) is 31.2 Å². The van der Waals surface area contributed by atoms with Crippen molar-refractivity contribution >= 4 is 5.97 Å². The van der Waals surface area contributed by atoms with E-state index in [-0.39, 0.29) is 32.5 Å². The van der Waals surface area contributed by atoms with Crippen LogP contribution in [0.1, 0.15) is 26.2 Å². The first-order chi connectivity index (χ1) is 6.53. The molecule has 0 aromatic carbocycles. The van der Waals surface area contributed by atoms with Gasteiger partial charge in [0, 0.05) is 12.8 Å². The predicted octanol–water partition coefficient (Wildman–Crippen LogP) is 1.75. The topological polar surface area (TPSA) is 35.5 Å². The molecule has 1 saturated heterocycles. The Balaban J connectivity index is 2.34. The van der Waals surface area contributed by atoms with Crippen molar-refractivity contribution in [3.63, 3.8) is 0 Å². The molecule has 1 heterocycles. The van der Waals surface area contributed by atoms with Crippen LogP contribution in [0.25, 0.3) is 0 Å². The van der Waals surface area contributed by atoms with Gasteiger partial charge in [0.1, 0.15) is 0 Å². The average molecular weight is 208 g/mol. The molecule has 14 heavy (non-hydrogen) atoms. The van der Waals surface area contributed by atoms with Gasteiger partial charge in [-0.2, -0.15) is 0 Å². The molecule has 0 aromatic rings. The van der Waals surface area contributed by atoms with Crippen molar-refractivity contribution in [1.82, 2.24) is 0 Å². The van der Waals surface area contributed by atoms with E-state index in [1.165, 1.54) is 0 Å². The van der Waals surface area contributed by atoms with Crippen molar-refractivity contribution in [2.45, 2.75) is 38.2 Å². The van der Waals surface area contributed by atoms with Gasteiger partial charge in [-0.1, -0.05) is 0 Å². The Labute approximate surface area is 81.4 Å². The molecule has 82 valence electrons. The third kappa shape index (κ3) is 3.57. The van der Waals surface area contributed by atoms with Crippen molar-refractivity contribution in [2.75, 3.05) is 13.2 Å². The zero-order chi connectivity index (χ0) is 10.6. The summed E-state index contributed by atoms with van der Waals surface area (Å²) < 4.78 is 35.4. The summed E-state index contributed by atoms with van der Waals surface area (Å²) in [4.78, 5) is 11.0. The van der Waals surface area contributed by atoms with Gasteiger partial charge in [-0.25, -0.2) is 8.78 Å². The van der Waals surface area contributed by atoms with Crippen molar-refractivity contribution in [3.05, 3.63) is 0 Å². The molecule has 0 amide bonds. The normalized spacial score (nSPS) is 25.8. The minimum absolute atomic E-state index is 0.0110. The highest BCUT2D eigenvalue weighted by atomic mass is 19.3. The molecular formula is C9H14F2O3. The first kappa shape index (κ1) is 11.4. The molecular weight excluding hydrogens is 194 g/mol. The first-order valence-corrected chi connectivity index (χ1v) is 4.68. The standard InChI is InChI=1S/C9H14F2O3/c1-2-13-8(12)5-7-6-9(10,11)3-4-14-7/h7H,2-6H2,1H3. The largest absolute Gasteiger partial charge is 0.466 e. The van der Waals surface area contributed by atoms with Gasteiger partial charge in [0.15, 0.2) is 0 Å². The number of carbonyl (C=O) groups excluding carboxylic acids is 1. The molecule has 1 rings (SSSR count). The molecule has 1 fully saturated rings. The maximum atomic E-state index is 12.9. The van der Waals surface area contributed by atoms with Crippen molar-refractivity contribution in [1.29, 1.82) is 0 Å². The van der Waals surface area contributed by atoms with E-state index in [4.69, 9.17) is 4.74 Å². The Morgan fingerprint density at radius 3 is 2.93 bits per heavy atom. The summed E-state index contributed by atoms with van der Waals surface area (Å²) in [5.74, 6) is -3.18. The number of hydrogen-bond acceptors (Lipinski definition) is 3. The summed E-state index contributed by atoms with van der Waals surface area (Å²) in [5.41, 5.74) is 0. The number of hydrogen-bond donors (Lipinski definition) is 0. The van der Waals surface area contributed by atoms with E-state index in [2.05, 4.69) is 4.74 Å². The summed E-state index contributed by atoms with van der Waals surface area (Å²) in [5, 5.41) is 0. The number of rotatable bonds is 3. The van der Waals surface area contributed by atoms with Crippen LogP contribution >= 0.6 is 0 Å². The van der Waals surface area contributed by atoms with Crippen LogP contribution < -0.4 is 0 Å². The summed E-state index contributed by atoms with van der Waals surface area (Å²) in [6.07, 6.45) is -1.42. The molecule has 0 bridgehead atoms. The van der Waals surface area contributed by atoms with Crippen LogP contribution in [0.3, 0.4) is 0 Å². The fourth-order valence-electron chi connectivity index (χ4n) is 1.41. The Bertz CT molecular complexity index is 206. The fraction of sp³-hybridized carbons (Fsp3) is 0.889. The van der Waals surface area contributed by atoms with Gasteiger partial charge in [0.25, 0.3) is 5.92 Å². The Kier molecular flexibility index (Phi) is 3.80. The van der Waals surface area contributed by atoms with E-state index in [9.17, 15) is 13.6 Å². The van der Waals surface area contributed by atoms with E-state index in [0.29, 0.717) is 0 Å². The molecule has 1 aliphatic heterocycles. The number of esters is 1. The van der Waals surface area contributed by atoms with Gasteiger partial charge in [0.2, 0.25) is 0 Å². The maximum absolute atomic E-state index is 12.9. The number of halogens is 2. The molecule has 1 atom stereocenters. The second kappa shape index (κ2) is 4.68. The van der Waals surface area contributed by atoms with Crippen LogP contribution in [0, 0.1) is 0 Å². The summed E-state index contributed by atoms with van der Waals surface area (Å²) in [7, 11) is 0. The molecule has 0 aliphatic carbocycles. The highest BCUT2D eigenvalue weighted by Crippen LogP contribution is 2.31. The van der Waals surface area contributed by atoms with Crippen LogP contribution in [-0.2, 0) is 14.3 Å². The van der Waals surface area contributed by atoms with E-state index >= 15 is 0 Å². The lowest BCUT2D eigenvalue weighted by Crippen LogP contribution is -2.35. The molecule has 0 radical (unpaired) electrons. The van der Waals surface area contributed by atoms with Gasteiger partial charge < -0.3 is 9.47 Å². The van der Waals surface area contributed by atoms with Crippen LogP contribution in [0.15, 0.2) is 0 Å². The first-order valence-electron chi connectivity index (χ1n) is 4.68. The highest BCUT2D eigenvalue weighted by molar-refractivity contribution is 5.69. The van der Waals surface area contributed by atoms with E-state index in [0.717, 1.165) is 0 Å². The molecule has 0 N–H and O–H groups in total. The van der Waals surface area contributed by atoms with Crippen LogP contribution in [0.4, 0.5) is 8.78 Å². The third-order valence-electron chi connectivity index (χ3n) is 2.05. The van der Waals surface area contributed by atoms with Crippen LogP contribution in [0.2, 0.25) is 0 Å². The maximum Gasteiger partial charge on any atom is 0.308 e. The number of alkyl halides is 2. The van der Waals surface area contributed by atoms with Gasteiger partial charge in [-0.05, 0) is 6.92 Å². The second-order valence-electron chi connectivity index (χ2n) is 3.31. The predicted molar refractivity (Wildman–Crippen MR) is 45.2 cm³/mol.